The van der Waals surface area contributed by atoms with Crippen molar-refractivity contribution in [1.29, 1.82) is 0 Å². The summed E-state index contributed by atoms with van der Waals surface area (Å²) in [7, 11) is 0. The Hall–Kier alpha value is -3.22. The van der Waals surface area contributed by atoms with Crippen molar-refractivity contribution in [3.8, 4) is 0 Å². The van der Waals surface area contributed by atoms with Gasteiger partial charge in [0.05, 0.1) is 0 Å². The summed E-state index contributed by atoms with van der Waals surface area (Å²) < 4.78 is 30.8. The van der Waals surface area contributed by atoms with E-state index in [4.69, 9.17) is 4.74 Å². The highest BCUT2D eigenvalue weighted by Gasteiger charge is 2.28. The highest BCUT2D eigenvalue weighted by Crippen LogP contribution is 2.29. The number of halogens is 2. The molecule has 2 aromatic carbocycles. The van der Waals surface area contributed by atoms with Gasteiger partial charge in [0.1, 0.15) is 5.60 Å². The number of likely N-dealkylation sites (tertiary alicyclic amines) is 1. The average molecular weight is 599 g/mol. The van der Waals surface area contributed by atoms with Crippen LogP contribution >= 0.6 is 0 Å². The molecule has 43 heavy (non-hydrogen) atoms. The van der Waals surface area contributed by atoms with Crippen LogP contribution in [0.3, 0.4) is 0 Å². The predicted molar refractivity (Wildman–Crippen MR) is 173 cm³/mol. The predicted octanol–water partition coefficient (Wildman–Crippen LogP) is 9.47. The summed E-state index contributed by atoms with van der Waals surface area (Å²) in [5.41, 5.74) is 6.51. The van der Waals surface area contributed by atoms with E-state index in [1.165, 1.54) is 34.4 Å². The lowest BCUT2D eigenvalue weighted by Gasteiger charge is -2.33. The molecule has 0 aliphatic carbocycles. The second-order valence-corrected chi connectivity index (χ2v) is 12.5. The molecular formula is C36H52F2N2O3. The minimum atomic E-state index is -2.72. The van der Waals surface area contributed by atoms with E-state index in [0.29, 0.717) is 18.7 Å². The minimum absolute atomic E-state index is 0.0411. The first-order chi connectivity index (χ1) is 20.1. The molecule has 2 aromatic rings. The molecule has 3 rings (SSSR count). The number of amides is 2. The van der Waals surface area contributed by atoms with Crippen LogP contribution < -0.4 is 5.32 Å². The van der Waals surface area contributed by atoms with E-state index in [2.05, 4.69) is 33.0 Å². The standard InChI is InChI=1S/C26H40N2O3.C10H12F2/c1-8-10-18(3)22(9-2)23-17-20(12-11-19(23)4)24(29)27-21-13-15-28(16-14-21)25(30)31-26(5,6)7;1-3-8-4-6-9(7-5-8)10(2,11)12/h11-12,17,21H,8-10,13-16H2,1-7H3,(H,27,29);4-7H,3H2,1-2H3/b22-18+;. The number of hydrogen-bond acceptors (Lipinski definition) is 3. The quantitative estimate of drug-likeness (QED) is 0.329. The fraction of sp³-hybridized carbons (Fsp3) is 0.556. The monoisotopic (exact) mass is 598 g/mol. The molecule has 1 N–H and O–H groups in total. The van der Waals surface area contributed by atoms with Gasteiger partial charge in [-0.1, -0.05) is 63.1 Å². The summed E-state index contributed by atoms with van der Waals surface area (Å²) in [6.45, 7) is 18.4. The van der Waals surface area contributed by atoms with E-state index >= 15 is 0 Å². The Morgan fingerprint density at radius 3 is 2.07 bits per heavy atom. The highest BCUT2D eigenvalue weighted by atomic mass is 19.3. The number of alkyl halides is 2. The molecule has 7 heteroatoms. The molecule has 0 bridgehead atoms. The number of carbonyl (C=O) groups is 2. The van der Waals surface area contributed by atoms with E-state index < -0.39 is 11.5 Å². The van der Waals surface area contributed by atoms with Gasteiger partial charge in [-0.05, 0) is 101 Å². The minimum Gasteiger partial charge on any atom is -0.444 e. The Labute approximate surface area is 258 Å². The molecule has 1 heterocycles. The maximum Gasteiger partial charge on any atom is 0.410 e. The molecule has 1 aliphatic heterocycles. The normalized spacial score (nSPS) is 14.8. The van der Waals surface area contributed by atoms with E-state index in [1.54, 1.807) is 17.0 Å². The molecule has 1 aliphatic rings. The summed E-state index contributed by atoms with van der Waals surface area (Å²) in [6.07, 6.45) is 5.24. The number of nitrogens with zero attached hydrogens (tertiary/aromatic N) is 1. The van der Waals surface area contributed by atoms with Crippen LogP contribution in [0.5, 0.6) is 0 Å². The zero-order valence-corrected chi connectivity index (χ0v) is 27.7. The number of carbonyl (C=O) groups excluding carboxylic acids is 2. The zero-order valence-electron chi connectivity index (χ0n) is 27.7. The van der Waals surface area contributed by atoms with Crippen molar-refractivity contribution < 1.29 is 23.1 Å². The van der Waals surface area contributed by atoms with Crippen LogP contribution in [0.1, 0.15) is 120 Å². The molecule has 0 unspecified atom stereocenters. The largest absolute Gasteiger partial charge is 0.444 e. The molecule has 1 saturated heterocycles. The van der Waals surface area contributed by atoms with Gasteiger partial charge in [-0.3, -0.25) is 4.79 Å². The van der Waals surface area contributed by atoms with Crippen molar-refractivity contribution in [3.05, 3.63) is 75.9 Å². The first-order valence-electron chi connectivity index (χ1n) is 15.6. The van der Waals surface area contributed by atoms with Gasteiger partial charge in [0, 0.05) is 37.2 Å². The smallest absolute Gasteiger partial charge is 0.410 e. The first kappa shape index (κ1) is 36.0. The van der Waals surface area contributed by atoms with Gasteiger partial charge in [-0.2, -0.15) is 0 Å². The summed E-state index contributed by atoms with van der Waals surface area (Å²) in [4.78, 5) is 26.9. The van der Waals surface area contributed by atoms with Crippen molar-refractivity contribution in [2.75, 3.05) is 13.1 Å². The van der Waals surface area contributed by atoms with Crippen LogP contribution in [0.4, 0.5) is 13.6 Å². The van der Waals surface area contributed by atoms with Crippen LogP contribution in [-0.4, -0.2) is 41.6 Å². The first-order valence-corrected chi connectivity index (χ1v) is 15.6. The zero-order chi connectivity index (χ0) is 32.4. The summed E-state index contributed by atoms with van der Waals surface area (Å²) >= 11 is 0. The third-order valence-corrected chi connectivity index (χ3v) is 7.67. The van der Waals surface area contributed by atoms with E-state index in [-0.39, 0.29) is 23.6 Å². The fourth-order valence-electron chi connectivity index (χ4n) is 5.17. The molecule has 1 fully saturated rings. The van der Waals surface area contributed by atoms with Gasteiger partial charge >= 0.3 is 6.09 Å². The summed E-state index contributed by atoms with van der Waals surface area (Å²) in [6, 6.07) is 12.5. The van der Waals surface area contributed by atoms with Crippen molar-refractivity contribution >= 4 is 17.6 Å². The second kappa shape index (κ2) is 16.0. The Morgan fingerprint density at radius 2 is 1.58 bits per heavy atom. The SMILES string of the molecule is CCC/C(C)=C(\CC)c1cc(C(=O)NC2CCN(C(=O)OC(C)(C)C)CC2)ccc1C.CCc1ccc(C(C)(F)F)cc1. The van der Waals surface area contributed by atoms with Crippen molar-refractivity contribution in [2.45, 2.75) is 118 Å². The lowest BCUT2D eigenvalue weighted by molar-refractivity contribution is 0.0171. The number of aryl methyl sites for hydroxylation is 2. The van der Waals surface area contributed by atoms with Crippen LogP contribution in [0.2, 0.25) is 0 Å². The van der Waals surface area contributed by atoms with E-state index in [1.807, 2.05) is 45.9 Å². The average Bonchev–Trinajstić information content (AvgIpc) is 2.94. The van der Waals surface area contributed by atoms with Crippen LogP contribution in [0.15, 0.2) is 48.0 Å². The molecule has 0 radical (unpaired) electrons. The summed E-state index contributed by atoms with van der Waals surface area (Å²) in [5, 5.41) is 3.17. The molecule has 2 amide bonds. The third-order valence-electron chi connectivity index (χ3n) is 7.67. The van der Waals surface area contributed by atoms with Gasteiger partial charge in [0.15, 0.2) is 0 Å². The number of benzene rings is 2. The Bertz CT molecular complexity index is 1230. The number of nitrogens with one attached hydrogen (secondary N) is 1. The van der Waals surface area contributed by atoms with Gasteiger partial charge in [0.25, 0.3) is 11.8 Å². The Kier molecular flexibility index (Phi) is 13.4. The topological polar surface area (TPSA) is 58.6 Å². The Morgan fingerprint density at radius 1 is 0.977 bits per heavy atom. The van der Waals surface area contributed by atoms with Crippen LogP contribution in [0, 0.1) is 6.92 Å². The maximum absolute atomic E-state index is 13.0. The molecule has 0 saturated carbocycles. The lowest BCUT2D eigenvalue weighted by atomic mass is 9.91. The van der Waals surface area contributed by atoms with Gasteiger partial charge in [-0.15, -0.1) is 0 Å². The van der Waals surface area contributed by atoms with E-state index in [9.17, 15) is 18.4 Å². The van der Waals surface area contributed by atoms with Gasteiger partial charge < -0.3 is 15.0 Å². The molecule has 5 nitrogen and oxygen atoms in total. The number of hydrogen-bond donors (Lipinski definition) is 1. The molecule has 238 valence electrons. The number of rotatable bonds is 8. The highest BCUT2D eigenvalue weighted by molar-refractivity contribution is 5.95. The third kappa shape index (κ3) is 11.4. The van der Waals surface area contributed by atoms with Crippen molar-refractivity contribution in [1.82, 2.24) is 10.2 Å². The number of ether oxygens (including phenoxy) is 1. The van der Waals surface area contributed by atoms with Crippen molar-refractivity contribution in [3.63, 3.8) is 0 Å². The van der Waals surface area contributed by atoms with Gasteiger partial charge in [-0.25, -0.2) is 13.6 Å². The molecular weight excluding hydrogens is 546 g/mol. The fourth-order valence-corrected chi connectivity index (χ4v) is 5.17. The van der Waals surface area contributed by atoms with Gasteiger partial charge in [0.2, 0.25) is 0 Å². The lowest BCUT2D eigenvalue weighted by Crippen LogP contribution is -2.47. The van der Waals surface area contributed by atoms with Crippen molar-refractivity contribution in [2.24, 2.45) is 0 Å². The molecule has 0 aromatic heterocycles. The second-order valence-electron chi connectivity index (χ2n) is 12.5. The Balaban J connectivity index is 0.000000448. The molecule has 0 atom stereocenters. The number of piperidine rings is 1. The number of allylic oxidation sites excluding steroid dienone is 2. The van der Waals surface area contributed by atoms with Crippen LogP contribution in [0.25, 0.3) is 5.57 Å². The van der Waals surface area contributed by atoms with E-state index in [0.717, 1.165) is 51.0 Å². The summed E-state index contributed by atoms with van der Waals surface area (Å²) in [5.74, 6) is -2.76. The maximum atomic E-state index is 13.0. The molecule has 0 spiro atoms. The van der Waals surface area contributed by atoms with Crippen LogP contribution in [-0.2, 0) is 17.1 Å².